The van der Waals surface area contributed by atoms with Crippen LogP contribution >= 0.6 is 0 Å². The van der Waals surface area contributed by atoms with Crippen molar-refractivity contribution in [2.45, 2.75) is 142 Å². The maximum atomic E-state index is 11.3. The molecule has 268 valence electrons. The van der Waals surface area contributed by atoms with Gasteiger partial charge in [-0.3, -0.25) is 0 Å². The number of ether oxygens (including phenoxy) is 7. The minimum atomic E-state index is -1.66. The number of aliphatic hydroxyl groups excluding tert-OH is 10. The van der Waals surface area contributed by atoms with E-state index in [9.17, 15) is 51.1 Å². The zero-order valence-corrected chi connectivity index (χ0v) is 25.8. The molecule has 2 saturated carbocycles. The van der Waals surface area contributed by atoms with Crippen molar-refractivity contribution in [3.8, 4) is 0 Å². The summed E-state index contributed by atoms with van der Waals surface area (Å²) < 4.78 is 41.1. The van der Waals surface area contributed by atoms with Gasteiger partial charge in [0.25, 0.3) is 0 Å². The highest BCUT2D eigenvalue weighted by Crippen LogP contribution is 2.45. The van der Waals surface area contributed by atoms with Crippen LogP contribution in [-0.2, 0) is 33.2 Å². The molecule has 5 fully saturated rings. The lowest BCUT2D eigenvalue weighted by Gasteiger charge is -2.52. The van der Waals surface area contributed by atoms with E-state index in [0.717, 1.165) is 0 Å². The van der Waals surface area contributed by atoms with Crippen LogP contribution in [0, 0.1) is 11.8 Å². The third kappa shape index (κ3) is 7.27. The zero-order chi connectivity index (χ0) is 33.4. The van der Waals surface area contributed by atoms with Crippen molar-refractivity contribution < 1.29 is 84.2 Å². The van der Waals surface area contributed by atoms with E-state index in [-0.39, 0.29) is 25.2 Å². The van der Waals surface area contributed by atoms with E-state index < -0.39 is 129 Å². The second-order valence-corrected chi connectivity index (χ2v) is 13.2. The molecule has 0 aromatic heterocycles. The van der Waals surface area contributed by atoms with Gasteiger partial charge in [-0.2, -0.15) is 0 Å². The summed E-state index contributed by atoms with van der Waals surface area (Å²) in [7, 11) is 2.95. The summed E-state index contributed by atoms with van der Waals surface area (Å²) in [6, 6.07) is 0. The molecule has 17 nitrogen and oxygen atoms in total. The SMILES string of the molecule is COC1CC(C2OC3CC(O[C@@H]4O[C@H](CO)[C@@H](O)[C@@H](O)[C@H]4O)CC(O)C3CC2O[C@H]2O[C@@H](CO)[C@H](O)[C@H](O)[C@@H]2O)CC(OC)C1O. The average Bonchev–Trinajstić information content (AvgIpc) is 3.05. The van der Waals surface area contributed by atoms with Crippen molar-refractivity contribution in [2.24, 2.45) is 11.8 Å². The highest BCUT2D eigenvalue weighted by Gasteiger charge is 2.54. The molecular weight excluding hydrogens is 620 g/mol. The van der Waals surface area contributed by atoms with Gasteiger partial charge in [0.1, 0.15) is 54.9 Å². The Balaban J connectivity index is 1.36. The van der Waals surface area contributed by atoms with Crippen molar-refractivity contribution in [1.82, 2.24) is 0 Å². The third-order valence-electron chi connectivity index (χ3n) is 10.4. The summed E-state index contributed by atoms with van der Waals surface area (Å²) in [6.45, 7) is -1.26. The molecule has 2 aliphatic carbocycles. The standard InChI is InChI=1S/C29H50O17/c1-40-15-3-10(4-16(41-2)20(15)33)27-17(44-29-26(39)24(37)22(35)19(9-31)46-29)7-12-13(32)5-11(6-14(12)43-27)42-28-25(38)23(36)21(34)18(8-30)45-28/h10-39H,3-9H2,1-2H3/t10?,11?,12?,13?,14?,15?,16?,17?,18-,19+,20?,21-,22+,23-,24+,25-,26+,27?,28-,29+/m1/s1. The van der Waals surface area contributed by atoms with E-state index in [0.29, 0.717) is 12.8 Å². The van der Waals surface area contributed by atoms with Gasteiger partial charge >= 0.3 is 0 Å². The smallest absolute Gasteiger partial charge is 0.187 e. The average molecular weight is 671 g/mol. The van der Waals surface area contributed by atoms with Crippen molar-refractivity contribution >= 4 is 0 Å². The molecule has 3 aliphatic heterocycles. The largest absolute Gasteiger partial charge is 0.394 e. The Labute approximate surface area is 266 Å². The van der Waals surface area contributed by atoms with E-state index in [1.54, 1.807) is 0 Å². The lowest BCUT2D eigenvalue weighted by Crippen LogP contribution is -2.63. The fraction of sp³-hybridized carbons (Fsp3) is 1.00. The second-order valence-electron chi connectivity index (χ2n) is 13.2. The fourth-order valence-corrected chi connectivity index (χ4v) is 7.71. The number of methoxy groups -OCH3 is 2. The van der Waals surface area contributed by atoms with Crippen LogP contribution in [0.4, 0.5) is 0 Å². The van der Waals surface area contributed by atoms with Gasteiger partial charge in [-0.05, 0) is 25.2 Å². The summed E-state index contributed by atoms with van der Waals surface area (Å²) in [6.07, 6.45) is -19.6. The first kappa shape index (κ1) is 36.6. The van der Waals surface area contributed by atoms with Gasteiger partial charge in [-0.25, -0.2) is 0 Å². The van der Waals surface area contributed by atoms with Crippen LogP contribution in [0.1, 0.15) is 32.1 Å². The first-order chi connectivity index (χ1) is 21.9. The number of fused-ring (bicyclic) bond motifs is 1. The Morgan fingerprint density at radius 3 is 1.57 bits per heavy atom. The highest BCUT2D eigenvalue weighted by molar-refractivity contribution is 5.01. The van der Waals surface area contributed by atoms with Crippen LogP contribution in [0.3, 0.4) is 0 Å². The van der Waals surface area contributed by atoms with Gasteiger partial charge < -0.3 is 84.2 Å². The van der Waals surface area contributed by atoms with Gasteiger partial charge in [0.15, 0.2) is 12.6 Å². The normalized spacial score (nSPS) is 53.5. The fourth-order valence-electron chi connectivity index (χ4n) is 7.71. The van der Waals surface area contributed by atoms with Gasteiger partial charge in [0.05, 0.1) is 55.9 Å². The quantitative estimate of drug-likeness (QED) is 0.110. The predicted octanol–water partition coefficient (Wildman–Crippen LogP) is -4.91. The van der Waals surface area contributed by atoms with Crippen molar-refractivity contribution in [3.05, 3.63) is 0 Å². The van der Waals surface area contributed by atoms with E-state index in [1.807, 2.05) is 0 Å². The molecule has 10 N–H and O–H groups in total. The van der Waals surface area contributed by atoms with Crippen molar-refractivity contribution in [3.63, 3.8) is 0 Å². The maximum absolute atomic E-state index is 11.3. The first-order valence-electron chi connectivity index (χ1n) is 15.9. The molecule has 0 amide bonds. The summed E-state index contributed by atoms with van der Waals surface area (Å²) >= 11 is 0. The Kier molecular flexibility index (Phi) is 12.3. The Morgan fingerprint density at radius 1 is 0.543 bits per heavy atom. The van der Waals surface area contributed by atoms with Crippen LogP contribution < -0.4 is 0 Å². The van der Waals surface area contributed by atoms with Crippen molar-refractivity contribution in [1.29, 1.82) is 0 Å². The monoisotopic (exact) mass is 670 g/mol. The second kappa shape index (κ2) is 15.5. The molecule has 18 atom stereocenters. The first-order valence-corrected chi connectivity index (χ1v) is 15.9. The molecule has 17 heteroatoms. The van der Waals surface area contributed by atoms with E-state index in [2.05, 4.69) is 0 Å². The minimum Gasteiger partial charge on any atom is -0.394 e. The van der Waals surface area contributed by atoms with E-state index >= 15 is 0 Å². The highest BCUT2D eigenvalue weighted by atomic mass is 16.7. The van der Waals surface area contributed by atoms with Crippen LogP contribution in [-0.4, -0.2) is 189 Å². The molecular formula is C29H50O17. The summed E-state index contributed by atoms with van der Waals surface area (Å²) in [5, 5.41) is 103. The lowest BCUT2D eigenvalue weighted by atomic mass is 9.72. The Morgan fingerprint density at radius 2 is 1.07 bits per heavy atom. The molecule has 0 aromatic carbocycles. The van der Waals surface area contributed by atoms with E-state index in [1.165, 1.54) is 14.2 Å². The van der Waals surface area contributed by atoms with E-state index in [4.69, 9.17) is 33.2 Å². The van der Waals surface area contributed by atoms with Gasteiger partial charge in [-0.15, -0.1) is 0 Å². The summed E-state index contributed by atoms with van der Waals surface area (Å²) in [5.41, 5.74) is 0. The summed E-state index contributed by atoms with van der Waals surface area (Å²) in [5.74, 6) is -0.815. The molecule has 5 aliphatic rings. The molecule has 3 saturated heterocycles. The molecule has 3 heterocycles. The number of aliphatic hydroxyl groups is 10. The predicted molar refractivity (Wildman–Crippen MR) is 150 cm³/mol. The van der Waals surface area contributed by atoms with Crippen LogP contribution in [0.25, 0.3) is 0 Å². The molecule has 0 spiro atoms. The Hall–Kier alpha value is -0.680. The molecule has 5 rings (SSSR count). The lowest BCUT2D eigenvalue weighted by molar-refractivity contribution is -0.339. The summed E-state index contributed by atoms with van der Waals surface area (Å²) in [4.78, 5) is 0. The van der Waals surface area contributed by atoms with Gasteiger partial charge in [0, 0.05) is 33.0 Å². The van der Waals surface area contributed by atoms with Gasteiger partial charge in [0.2, 0.25) is 0 Å². The van der Waals surface area contributed by atoms with Gasteiger partial charge in [-0.1, -0.05) is 0 Å². The zero-order valence-electron chi connectivity index (χ0n) is 25.8. The molecule has 8 unspecified atom stereocenters. The van der Waals surface area contributed by atoms with Crippen LogP contribution in [0.15, 0.2) is 0 Å². The number of hydrogen-bond donors (Lipinski definition) is 10. The minimum absolute atomic E-state index is 0.0874. The molecule has 46 heavy (non-hydrogen) atoms. The van der Waals surface area contributed by atoms with Crippen LogP contribution in [0.2, 0.25) is 0 Å². The third-order valence-corrected chi connectivity index (χ3v) is 10.4. The van der Waals surface area contributed by atoms with Crippen LogP contribution in [0.5, 0.6) is 0 Å². The Bertz CT molecular complexity index is 945. The topological polar surface area (TPSA) is 267 Å². The number of hydrogen-bond acceptors (Lipinski definition) is 17. The molecule has 0 radical (unpaired) electrons. The van der Waals surface area contributed by atoms with Crippen molar-refractivity contribution in [2.75, 3.05) is 27.4 Å². The maximum Gasteiger partial charge on any atom is 0.187 e. The molecule has 0 bridgehead atoms. The number of rotatable bonds is 9. The molecule has 0 aromatic rings.